The summed E-state index contributed by atoms with van der Waals surface area (Å²) in [7, 11) is 0. The molecule has 5 nitrogen and oxygen atoms in total. The molecule has 1 N–H and O–H groups in total. The number of hydrogen-bond donors (Lipinski definition) is 1. The van der Waals surface area contributed by atoms with Crippen molar-refractivity contribution in [3.63, 3.8) is 0 Å². The van der Waals surface area contributed by atoms with Gasteiger partial charge in [-0.3, -0.25) is 4.79 Å². The molecule has 0 saturated heterocycles. The highest BCUT2D eigenvalue weighted by Gasteiger charge is 2.12. The van der Waals surface area contributed by atoms with E-state index in [-0.39, 0.29) is 5.91 Å². The molecule has 0 aliphatic carbocycles. The van der Waals surface area contributed by atoms with Crippen LogP contribution in [0, 0.1) is 6.92 Å². The summed E-state index contributed by atoms with van der Waals surface area (Å²) in [4.78, 5) is 17.1. The van der Waals surface area contributed by atoms with Gasteiger partial charge in [-0.2, -0.15) is 9.36 Å². The second-order valence-electron chi connectivity index (χ2n) is 7.21. The Morgan fingerprint density at radius 2 is 1.68 bits per heavy atom. The summed E-state index contributed by atoms with van der Waals surface area (Å²) < 4.78 is 10.3. The highest BCUT2D eigenvalue weighted by atomic mass is 32.1. The Morgan fingerprint density at radius 1 is 0.968 bits per heavy atom. The predicted octanol–water partition coefficient (Wildman–Crippen LogP) is 5.20. The van der Waals surface area contributed by atoms with Crippen LogP contribution >= 0.6 is 11.5 Å². The molecule has 0 bridgehead atoms. The molecule has 0 saturated carbocycles. The number of hydrogen-bond acceptors (Lipinski definition) is 5. The van der Waals surface area contributed by atoms with Crippen LogP contribution < -0.4 is 10.1 Å². The molecule has 0 radical (unpaired) electrons. The number of carbonyl (C=O) groups excluding carboxylic acids is 1. The molecule has 1 aromatic heterocycles. The second-order valence-corrected chi connectivity index (χ2v) is 7.93. The lowest BCUT2D eigenvalue weighted by Crippen LogP contribution is -2.25. The van der Waals surface area contributed by atoms with Gasteiger partial charge in [-0.15, -0.1) is 0 Å². The summed E-state index contributed by atoms with van der Waals surface area (Å²) in [5.41, 5.74) is 3.83. The van der Waals surface area contributed by atoms with Gasteiger partial charge in [0.25, 0.3) is 11.1 Å². The van der Waals surface area contributed by atoms with Crippen molar-refractivity contribution in [2.45, 2.75) is 19.8 Å². The summed E-state index contributed by atoms with van der Waals surface area (Å²) in [5.74, 6) is 1.21. The van der Waals surface area contributed by atoms with Crippen LogP contribution in [0.5, 0.6) is 10.9 Å². The van der Waals surface area contributed by atoms with Crippen LogP contribution in [-0.4, -0.2) is 21.8 Å². The maximum absolute atomic E-state index is 12.6. The molecule has 4 aromatic rings. The van der Waals surface area contributed by atoms with Gasteiger partial charge in [-0.05, 0) is 42.2 Å². The number of rotatable bonds is 8. The molecular formula is C25H23N3O2S. The summed E-state index contributed by atoms with van der Waals surface area (Å²) in [6, 6.07) is 25.6. The minimum atomic E-state index is -0.122. The number of carbonyl (C=O) groups is 1. The molecule has 4 rings (SSSR count). The molecule has 156 valence electrons. The fourth-order valence-electron chi connectivity index (χ4n) is 3.14. The SMILES string of the molecule is Cc1ccc(C(=O)NCCc2ccccc2)cc1Oc1nc(Cc2ccccc2)ns1. The Labute approximate surface area is 185 Å². The number of ether oxygens (including phenoxy) is 1. The van der Waals surface area contributed by atoms with Crippen molar-refractivity contribution in [1.29, 1.82) is 0 Å². The maximum atomic E-state index is 12.6. The Hall–Kier alpha value is -3.51. The Bertz CT molecular complexity index is 1140. The van der Waals surface area contributed by atoms with Crippen LogP contribution in [0.15, 0.2) is 78.9 Å². The van der Waals surface area contributed by atoms with E-state index in [9.17, 15) is 4.79 Å². The van der Waals surface area contributed by atoms with Crippen LogP contribution in [0.2, 0.25) is 0 Å². The number of nitrogens with one attached hydrogen (secondary N) is 1. The third-order valence-electron chi connectivity index (χ3n) is 4.84. The standard InChI is InChI=1S/C25H23N3O2S/c1-18-12-13-21(24(29)26-15-14-19-8-4-2-5-9-19)17-22(18)30-25-27-23(28-31-25)16-20-10-6-3-7-11-20/h2-13,17H,14-16H2,1H3,(H,26,29). The zero-order chi connectivity index (χ0) is 21.5. The molecule has 6 heteroatoms. The van der Waals surface area contributed by atoms with Gasteiger partial charge >= 0.3 is 0 Å². The summed E-state index contributed by atoms with van der Waals surface area (Å²) in [6.45, 7) is 2.52. The van der Waals surface area contributed by atoms with Crippen molar-refractivity contribution in [1.82, 2.24) is 14.7 Å². The zero-order valence-corrected chi connectivity index (χ0v) is 18.1. The third-order valence-corrected chi connectivity index (χ3v) is 5.48. The summed E-state index contributed by atoms with van der Waals surface area (Å²) >= 11 is 1.21. The molecule has 31 heavy (non-hydrogen) atoms. The van der Waals surface area contributed by atoms with Gasteiger partial charge in [0.05, 0.1) is 0 Å². The molecule has 0 aliphatic rings. The first-order valence-corrected chi connectivity index (χ1v) is 10.9. The smallest absolute Gasteiger partial charge is 0.298 e. The lowest BCUT2D eigenvalue weighted by Gasteiger charge is -2.09. The average Bonchev–Trinajstić information content (AvgIpc) is 3.23. The molecule has 1 amide bonds. The topological polar surface area (TPSA) is 64.1 Å². The van der Waals surface area contributed by atoms with E-state index in [1.165, 1.54) is 17.1 Å². The van der Waals surface area contributed by atoms with Crippen molar-refractivity contribution in [2.24, 2.45) is 0 Å². The van der Waals surface area contributed by atoms with Gasteiger partial charge in [-0.1, -0.05) is 66.7 Å². The predicted molar refractivity (Wildman–Crippen MR) is 123 cm³/mol. The fraction of sp³-hybridized carbons (Fsp3) is 0.160. The van der Waals surface area contributed by atoms with Gasteiger partial charge in [0, 0.05) is 30.1 Å². The Kier molecular flexibility index (Phi) is 6.69. The van der Waals surface area contributed by atoms with E-state index in [0.717, 1.165) is 23.4 Å². The first kappa shape index (κ1) is 20.8. The van der Waals surface area contributed by atoms with Crippen molar-refractivity contribution in [3.8, 4) is 10.9 Å². The first-order valence-electron chi connectivity index (χ1n) is 10.1. The van der Waals surface area contributed by atoms with Gasteiger partial charge in [0.15, 0.2) is 5.82 Å². The van der Waals surface area contributed by atoms with Crippen molar-refractivity contribution in [2.75, 3.05) is 6.54 Å². The van der Waals surface area contributed by atoms with Crippen LogP contribution in [0.3, 0.4) is 0 Å². The largest absolute Gasteiger partial charge is 0.430 e. The number of aryl methyl sites for hydroxylation is 1. The van der Waals surface area contributed by atoms with E-state index in [4.69, 9.17) is 4.74 Å². The van der Waals surface area contributed by atoms with Crippen molar-refractivity contribution < 1.29 is 9.53 Å². The van der Waals surface area contributed by atoms with E-state index < -0.39 is 0 Å². The lowest BCUT2D eigenvalue weighted by atomic mass is 10.1. The number of aromatic nitrogens is 2. The molecule has 3 aromatic carbocycles. The Morgan fingerprint density at radius 3 is 2.42 bits per heavy atom. The Balaban J connectivity index is 1.38. The van der Waals surface area contributed by atoms with Crippen LogP contribution in [0.4, 0.5) is 0 Å². The molecular weight excluding hydrogens is 406 g/mol. The van der Waals surface area contributed by atoms with Crippen molar-refractivity contribution >= 4 is 17.4 Å². The molecule has 0 aliphatic heterocycles. The van der Waals surface area contributed by atoms with Gasteiger partial charge in [0.1, 0.15) is 5.75 Å². The van der Waals surface area contributed by atoms with Crippen molar-refractivity contribution in [3.05, 3.63) is 107 Å². The second kappa shape index (κ2) is 10.00. The molecule has 0 spiro atoms. The first-order chi connectivity index (χ1) is 15.2. The number of benzene rings is 3. The minimum absolute atomic E-state index is 0.122. The maximum Gasteiger partial charge on any atom is 0.298 e. The fourth-order valence-corrected chi connectivity index (χ4v) is 3.70. The van der Waals surface area contributed by atoms with Crippen LogP contribution in [0.1, 0.15) is 32.9 Å². The highest BCUT2D eigenvalue weighted by molar-refractivity contribution is 7.07. The zero-order valence-electron chi connectivity index (χ0n) is 17.2. The van der Waals surface area contributed by atoms with Crippen LogP contribution in [0.25, 0.3) is 0 Å². The van der Waals surface area contributed by atoms with Crippen LogP contribution in [-0.2, 0) is 12.8 Å². The molecule has 1 heterocycles. The summed E-state index contributed by atoms with van der Waals surface area (Å²) in [6.07, 6.45) is 1.44. The molecule has 0 atom stereocenters. The van der Waals surface area contributed by atoms with E-state index >= 15 is 0 Å². The molecule has 0 fully saturated rings. The van der Waals surface area contributed by atoms with E-state index in [1.807, 2.05) is 61.5 Å². The van der Waals surface area contributed by atoms with E-state index in [0.29, 0.717) is 29.5 Å². The minimum Gasteiger partial charge on any atom is -0.430 e. The van der Waals surface area contributed by atoms with E-state index in [2.05, 4.69) is 26.8 Å². The number of amides is 1. The highest BCUT2D eigenvalue weighted by Crippen LogP contribution is 2.28. The summed E-state index contributed by atoms with van der Waals surface area (Å²) in [5, 5.41) is 3.44. The normalized spacial score (nSPS) is 10.6. The lowest BCUT2D eigenvalue weighted by molar-refractivity contribution is 0.0954. The average molecular weight is 430 g/mol. The van der Waals surface area contributed by atoms with Gasteiger partial charge in [-0.25, -0.2) is 0 Å². The molecule has 0 unspecified atom stereocenters. The number of nitrogens with zero attached hydrogens (tertiary/aromatic N) is 2. The van der Waals surface area contributed by atoms with E-state index in [1.54, 1.807) is 12.1 Å². The quantitative estimate of drug-likeness (QED) is 0.418. The van der Waals surface area contributed by atoms with Gasteiger partial charge in [0.2, 0.25) is 0 Å². The monoisotopic (exact) mass is 429 g/mol. The van der Waals surface area contributed by atoms with Gasteiger partial charge < -0.3 is 10.1 Å². The third kappa shape index (κ3) is 5.77.